The van der Waals surface area contributed by atoms with E-state index in [1.54, 1.807) is 34.9 Å². The average Bonchev–Trinajstić information content (AvgIpc) is 2.62. The molecule has 0 spiro atoms. The molecule has 0 bridgehead atoms. The number of carbonyl (C=O) groups excluding carboxylic acids is 2. The minimum atomic E-state index is -0.0385. The van der Waals surface area contributed by atoms with Gasteiger partial charge in [-0.3, -0.25) is 9.59 Å². The zero-order valence-electron chi connectivity index (χ0n) is 11.4. The van der Waals surface area contributed by atoms with Crippen LogP contribution in [0.1, 0.15) is 23.7 Å². The summed E-state index contributed by atoms with van der Waals surface area (Å²) < 4.78 is 0.793. The van der Waals surface area contributed by atoms with Crippen molar-refractivity contribution in [3.8, 4) is 0 Å². The lowest BCUT2D eigenvalue weighted by atomic mass is 10.1. The van der Waals surface area contributed by atoms with Gasteiger partial charge in [0, 0.05) is 48.8 Å². The largest absolute Gasteiger partial charge is 0.399 e. The molecule has 108 valence electrons. The maximum Gasteiger partial charge on any atom is 0.254 e. The van der Waals surface area contributed by atoms with Crippen LogP contribution in [0, 0.1) is 0 Å². The Bertz CT molecular complexity index is 513. The van der Waals surface area contributed by atoms with Crippen LogP contribution in [0.15, 0.2) is 22.7 Å². The molecular formula is C14H18BrN3O2. The molecule has 1 saturated heterocycles. The van der Waals surface area contributed by atoms with E-state index < -0.39 is 0 Å². The van der Waals surface area contributed by atoms with Gasteiger partial charge in [-0.25, -0.2) is 0 Å². The maximum atomic E-state index is 12.5. The summed E-state index contributed by atoms with van der Waals surface area (Å²) in [7, 11) is 0. The Morgan fingerprint density at radius 1 is 1.10 bits per heavy atom. The number of nitrogens with two attached hydrogens (primary N) is 1. The predicted molar refractivity (Wildman–Crippen MR) is 81.3 cm³/mol. The first kappa shape index (κ1) is 14.8. The number of nitrogen functional groups attached to an aromatic ring is 1. The van der Waals surface area contributed by atoms with Crippen molar-refractivity contribution in [2.75, 3.05) is 31.9 Å². The molecule has 1 aliphatic heterocycles. The van der Waals surface area contributed by atoms with Gasteiger partial charge in [0.2, 0.25) is 5.91 Å². The van der Waals surface area contributed by atoms with Crippen LogP contribution in [0.5, 0.6) is 0 Å². The van der Waals surface area contributed by atoms with Crippen LogP contribution >= 0.6 is 15.9 Å². The maximum absolute atomic E-state index is 12.5. The molecule has 20 heavy (non-hydrogen) atoms. The van der Waals surface area contributed by atoms with Gasteiger partial charge in [0.25, 0.3) is 5.91 Å². The molecule has 5 nitrogen and oxygen atoms in total. The lowest BCUT2D eigenvalue weighted by Gasteiger charge is -2.21. The van der Waals surface area contributed by atoms with Crippen molar-refractivity contribution in [2.24, 2.45) is 0 Å². The van der Waals surface area contributed by atoms with E-state index in [2.05, 4.69) is 15.9 Å². The summed E-state index contributed by atoms with van der Waals surface area (Å²) >= 11 is 3.35. The van der Waals surface area contributed by atoms with Gasteiger partial charge in [-0.2, -0.15) is 0 Å². The fourth-order valence-corrected chi connectivity index (χ4v) is 2.86. The fourth-order valence-electron chi connectivity index (χ4n) is 2.35. The van der Waals surface area contributed by atoms with Gasteiger partial charge in [-0.15, -0.1) is 0 Å². The molecule has 0 atom stereocenters. The van der Waals surface area contributed by atoms with Crippen LogP contribution < -0.4 is 5.73 Å². The summed E-state index contributed by atoms with van der Waals surface area (Å²) in [6.45, 7) is 4.08. The molecule has 0 unspecified atom stereocenters. The summed E-state index contributed by atoms with van der Waals surface area (Å²) in [5.74, 6) is 0.0226. The topological polar surface area (TPSA) is 66.6 Å². The highest BCUT2D eigenvalue weighted by Crippen LogP contribution is 2.19. The van der Waals surface area contributed by atoms with Crippen molar-refractivity contribution >= 4 is 33.4 Å². The van der Waals surface area contributed by atoms with E-state index in [1.807, 2.05) is 0 Å². The van der Waals surface area contributed by atoms with Crippen LogP contribution in [0.4, 0.5) is 5.69 Å². The van der Waals surface area contributed by atoms with Crippen molar-refractivity contribution < 1.29 is 9.59 Å². The Labute approximate surface area is 126 Å². The molecule has 1 aromatic rings. The number of anilines is 1. The van der Waals surface area contributed by atoms with E-state index in [0.717, 1.165) is 10.9 Å². The Balaban J connectivity index is 2.11. The number of amides is 2. The van der Waals surface area contributed by atoms with Gasteiger partial charge in [-0.05, 0) is 24.6 Å². The van der Waals surface area contributed by atoms with Gasteiger partial charge in [0.05, 0.1) is 0 Å². The molecule has 1 heterocycles. The van der Waals surface area contributed by atoms with Gasteiger partial charge < -0.3 is 15.5 Å². The highest BCUT2D eigenvalue weighted by Gasteiger charge is 2.21. The molecular weight excluding hydrogens is 322 g/mol. The number of hydrogen-bond donors (Lipinski definition) is 1. The van der Waals surface area contributed by atoms with Crippen molar-refractivity contribution in [3.63, 3.8) is 0 Å². The van der Waals surface area contributed by atoms with Crippen LogP contribution in [0.3, 0.4) is 0 Å². The van der Waals surface area contributed by atoms with E-state index in [-0.39, 0.29) is 11.8 Å². The molecule has 2 amide bonds. The van der Waals surface area contributed by atoms with Crippen LogP contribution in [0.25, 0.3) is 0 Å². The lowest BCUT2D eigenvalue weighted by Crippen LogP contribution is -2.36. The van der Waals surface area contributed by atoms with Crippen molar-refractivity contribution in [1.82, 2.24) is 9.80 Å². The summed E-state index contributed by atoms with van der Waals surface area (Å²) in [5.41, 5.74) is 6.90. The second-order valence-electron chi connectivity index (χ2n) is 4.93. The zero-order chi connectivity index (χ0) is 14.7. The minimum absolute atomic E-state index is 0.0385. The molecule has 0 saturated carbocycles. The number of benzene rings is 1. The highest BCUT2D eigenvalue weighted by molar-refractivity contribution is 9.10. The molecule has 1 fully saturated rings. The smallest absolute Gasteiger partial charge is 0.254 e. The van der Waals surface area contributed by atoms with Gasteiger partial charge in [0.15, 0.2) is 0 Å². The molecule has 6 heteroatoms. The Hall–Kier alpha value is -1.56. The number of carbonyl (C=O) groups is 2. The molecule has 1 aromatic carbocycles. The van der Waals surface area contributed by atoms with E-state index in [0.29, 0.717) is 37.4 Å². The first-order valence-electron chi connectivity index (χ1n) is 6.58. The Morgan fingerprint density at radius 3 is 2.40 bits per heavy atom. The Kier molecular flexibility index (Phi) is 4.65. The summed E-state index contributed by atoms with van der Waals surface area (Å²) in [5, 5.41) is 0. The van der Waals surface area contributed by atoms with Crippen molar-refractivity contribution in [1.29, 1.82) is 0 Å². The lowest BCUT2D eigenvalue weighted by molar-refractivity contribution is -0.128. The van der Waals surface area contributed by atoms with Gasteiger partial charge >= 0.3 is 0 Å². The van der Waals surface area contributed by atoms with Crippen LogP contribution in [-0.4, -0.2) is 47.8 Å². The second kappa shape index (κ2) is 6.26. The molecule has 2 rings (SSSR count). The third kappa shape index (κ3) is 3.50. The standard InChI is InChI=1S/C14H18BrN3O2/c1-10(19)17-3-2-4-18(6-5-17)14(20)11-7-12(15)9-13(16)8-11/h7-9H,2-6,16H2,1H3. The predicted octanol–water partition coefficient (Wildman–Crippen LogP) is 1.73. The summed E-state index contributed by atoms with van der Waals surface area (Å²) in [6.07, 6.45) is 0.800. The number of halogens is 1. The number of hydrogen-bond acceptors (Lipinski definition) is 3. The van der Waals surface area contributed by atoms with Crippen molar-refractivity contribution in [3.05, 3.63) is 28.2 Å². The van der Waals surface area contributed by atoms with E-state index in [1.165, 1.54) is 0 Å². The van der Waals surface area contributed by atoms with E-state index in [9.17, 15) is 9.59 Å². The first-order chi connectivity index (χ1) is 9.47. The molecule has 0 aliphatic carbocycles. The molecule has 2 N–H and O–H groups in total. The second-order valence-corrected chi connectivity index (χ2v) is 5.84. The number of nitrogens with zero attached hydrogens (tertiary/aromatic N) is 2. The SMILES string of the molecule is CC(=O)N1CCCN(C(=O)c2cc(N)cc(Br)c2)CC1. The zero-order valence-corrected chi connectivity index (χ0v) is 13.0. The third-order valence-electron chi connectivity index (χ3n) is 3.40. The molecule has 0 radical (unpaired) electrons. The third-order valence-corrected chi connectivity index (χ3v) is 3.85. The van der Waals surface area contributed by atoms with Gasteiger partial charge in [0.1, 0.15) is 0 Å². The number of rotatable bonds is 1. The van der Waals surface area contributed by atoms with Crippen LogP contribution in [0.2, 0.25) is 0 Å². The van der Waals surface area contributed by atoms with Crippen molar-refractivity contribution in [2.45, 2.75) is 13.3 Å². The summed E-state index contributed by atoms with van der Waals surface area (Å²) in [4.78, 5) is 27.4. The van der Waals surface area contributed by atoms with Gasteiger partial charge in [-0.1, -0.05) is 15.9 Å². The monoisotopic (exact) mass is 339 g/mol. The Morgan fingerprint density at radius 2 is 1.75 bits per heavy atom. The minimum Gasteiger partial charge on any atom is -0.399 e. The summed E-state index contributed by atoms with van der Waals surface area (Å²) in [6, 6.07) is 5.21. The highest BCUT2D eigenvalue weighted by atomic mass is 79.9. The average molecular weight is 340 g/mol. The molecule has 0 aromatic heterocycles. The fraction of sp³-hybridized carbons (Fsp3) is 0.429. The quantitative estimate of drug-likeness (QED) is 0.792. The first-order valence-corrected chi connectivity index (χ1v) is 7.37. The van der Waals surface area contributed by atoms with E-state index in [4.69, 9.17) is 5.73 Å². The van der Waals surface area contributed by atoms with E-state index >= 15 is 0 Å². The normalized spacial score (nSPS) is 15.9. The van der Waals surface area contributed by atoms with Crippen LogP contribution in [-0.2, 0) is 4.79 Å². The molecule has 1 aliphatic rings.